The van der Waals surface area contributed by atoms with Gasteiger partial charge < -0.3 is 5.32 Å². The van der Waals surface area contributed by atoms with Gasteiger partial charge in [0.2, 0.25) is 0 Å². The lowest BCUT2D eigenvalue weighted by Gasteiger charge is -2.38. The van der Waals surface area contributed by atoms with Crippen LogP contribution in [0.4, 0.5) is 4.79 Å². The minimum atomic E-state index is -0.654. The molecule has 1 aromatic rings. The Bertz CT molecular complexity index is 689. The van der Waals surface area contributed by atoms with Crippen molar-refractivity contribution in [1.82, 2.24) is 25.0 Å². The molecule has 1 spiro atoms. The number of urea groups is 1. The molecule has 1 aliphatic carbocycles. The standard InChI is InChI=1S/C20H29N5O2/c1-16-4-2-3-7-20(16)18(26)25(19(27)22-20)15-24-12-10-23(11-13-24)14-17-5-8-21-9-6-17/h5-6,8-9,16H,2-4,7,10-15H2,1H3,(H,22,27)/t16-,20+/m1/s1. The molecule has 1 aromatic heterocycles. The number of imide groups is 1. The van der Waals surface area contributed by atoms with E-state index in [-0.39, 0.29) is 17.9 Å². The quantitative estimate of drug-likeness (QED) is 0.815. The summed E-state index contributed by atoms with van der Waals surface area (Å²) in [6.07, 6.45) is 7.59. The van der Waals surface area contributed by atoms with Crippen molar-refractivity contribution >= 4 is 11.9 Å². The number of carbonyl (C=O) groups is 2. The summed E-state index contributed by atoms with van der Waals surface area (Å²) in [5.41, 5.74) is 0.610. The van der Waals surface area contributed by atoms with Crippen LogP contribution in [0.25, 0.3) is 0 Å². The fraction of sp³-hybridized carbons (Fsp3) is 0.650. The Balaban J connectivity index is 1.32. The zero-order chi connectivity index (χ0) is 18.9. The normalized spacial score (nSPS) is 30.1. The first-order chi connectivity index (χ1) is 13.1. The van der Waals surface area contributed by atoms with Crippen molar-refractivity contribution in [3.05, 3.63) is 30.1 Å². The number of aromatic nitrogens is 1. The Hall–Kier alpha value is -1.99. The van der Waals surface area contributed by atoms with E-state index in [1.165, 1.54) is 10.5 Å². The maximum absolute atomic E-state index is 13.1. The third kappa shape index (κ3) is 3.58. The van der Waals surface area contributed by atoms with Gasteiger partial charge in [-0.05, 0) is 36.5 Å². The van der Waals surface area contributed by atoms with Crippen LogP contribution in [0.15, 0.2) is 24.5 Å². The highest BCUT2D eigenvalue weighted by Gasteiger charge is 2.55. The van der Waals surface area contributed by atoms with Gasteiger partial charge in [-0.25, -0.2) is 9.69 Å². The van der Waals surface area contributed by atoms with Crippen LogP contribution in [0.1, 0.15) is 38.2 Å². The Kier molecular flexibility index (Phi) is 5.14. The lowest BCUT2D eigenvalue weighted by Crippen LogP contribution is -2.55. The van der Waals surface area contributed by atoms with Crippen molar-refractivity contribution in [1.29, 1.82) is 0 Å². The summed E-state index contributed by atoms with van der Waals surface area (Å²) in [4.78, 5) is 35.7. The summed E-state index contributed by atoms with van der Waals surface area (Å²) in [5, 5.41) is 3.04. The molecule has 4 rings (SSSR count). The fourth-order valence-corrected chi connectivity index (χ4v) is 4.66. The van der Waals surface area contributed by atoms with Gasteiger partial charge in [0.1, 0.15) is 5.54 Å². The molecule has 0 unspecified atom stereocenters. The van der Waals surface area contributed by atoms with E-state index in [9.17, 15) is 9.59 Å². The molecule has 0 aromatic carbocycles. The molecule has 146 valence electrons. The molecule has 3 fully saturated rings. The number of nitrogens with one attached hydrogen (secondary N) is 1. The Labute approximate surface area is 160 Å². The number of piperazine rings is 1. The average molecular weight is 371 g/mol. The first-order valence-electron chi connectivity index (χ1n) is 10.1. The number of amides is 3. The van der Waals surface area contributed by atoms with Gasteiger partial charge in [0.15, 0.2) is 0 Å². The van der Waals surface area contributed by atoms with Gasteiger partial charge in [0.25, 0.3) is 5.91 Å². The van der Waals surface area contributed by atoms with Crippen LogP contribution in [-0.2, 0) is 11.3 Å². The first-order valence-corrected chi connectivity index (χ1v) is 10.1. The average Bonchev–Trinajstić information content (AvgIpc) is 2.91. The molecular weight excluding hydrogens is 342 g/mol. The summed E-state index contributed by atoms with van der Waals surface area (Å²) >= 11 is 0. The second-order valence-corrected chi connectivity index (χ2v) is 8.17. The molecule has 27 heavy (non-hydrogen) atoms. The molecule has 1 saturated carbocycles. The van der Waals surface area contributed by atoms with E-state index in [1.807, 2.05) is 24.5 Å². The summed E-state index contributed by atoms with van der Waals surface area (Å²) < 4.78 is 0. The lowest BCUT2D eigenvalue weighted by atomic mass is 9.73. The third-order valence-electron chi connectivity index (χ3n) is 6.46. The molecule has 3 amide bonds. The molecule has 2 saturated heterocycles. The molecule has 2 atom stereocenters. The molecule has 3 heterocycles. The van der Waals surface area contributed by atoms with Crippen LogP contribution in [0, 0.1) is 5.92 Å². The van der Waals surface area contributed by atoms with Crippen LogP contribution in [0.2, 0.25) is 0 Å². The number of hydrogen-bond acceptors (Lipinski definition) is 5. The van der Waals surface area contributed by atoms with E-state index in [0.29, 0.717) is 6.67 Å². The van der Waals surface area contributed by atoms with Crippen molar-refractivity contribution < 1.29 is 9.59 Å². The second kappa shape index (κ2) is 7.56. The van der Waals surface area contributed by atoms with E-state index in [0.717, 1.165) is 58.4 Å². The van der Waals surface area contributed by atoms with Gasteiger partial charge in [0, 0.05) is 45.1 Å². The second-order valence-electron chi connectivity index (χ2n) is 8.17. The van der Waals surface area contributed by atoms with Crippen molar-refractivity contribution in [2.75, 3.05) is 32.8 Å². The van der Waals surface area contributed by atoms with Gasteiger partial charge in [-0.3, -0.25) is 19.6 Å². The SMILES string of the molecule is C[C@@H]1CCCC[C@]12NC(=O)N(CN1CCN(Cc3ccncc3)CC1)C2=O. The highest BCUT2D eigenvalue weighted by Crippen LogP contribution is 2.38. The Morgan fingerprint density at radius 2 is 1.81 bits per heavy atom. The van der Waals surface area contributed by atoms with Crippen LogP contribution in [0.3, 0.4) is 0 Å². The van der Waals surface area contributed by atoms with Gasteiger partial charge >= 0.3 is 6.03 Å². The van der Waals surface area contributed by atoms with Crippen molar-refractivity contribution in [3.8, 4) is 0 Å². The van der Waals surface area contributed by atoms with Crippen LogP contribution < -0.4 is 5.32 Å². The van der Waals surface area contributed by atoms with Crippen molar-refractivity contribution in [2.24, 2.45) is 5.92 Å². The number of pyridine rings is 1. The minimum Gasteiger partial charge on any atom is -0.323 e. The molecule has 0 bridgehead atoms. The molecule has 7 nitrogen and oxygen atoms in total. The Morgan fingerprint density at radius 1 is 1.11 bits per heavy atom. The summed E-state index contributed by atoms with van der Waals surface area (Å²) in [6, 6.07) is 3.88. The van der Waals surface area contributed by atoms with Crippen LogP contribution in [-0.4, -0.2) is 70.0 Å². The zero-order valence-corrected chi connectivity index (χ0v) is 16.1. The predicted molar refractivity (Wildman–Crippen MR) is 102 cm³/mol. The predicted octanol–water partition coefficient (Wildman–Crippen LogP) is 1.66. The number of carbonyl (C=O) groups excluding carboxylic acids is 2. The van der Waals surface area contributed by atoms with Crippen LogP contribution >= 0.6 is 0 Å². The van der Waals surface area contributed by atoms with Gasteiger partial charge in [-0.1, -0.05) is 19.8 Å². The largest absolute Gasteiger partial charge is 0.326 e. The molecule has 3 aliphatic rings. The van der Waals surface area contributed by atoms with Crippen molar-refractivity contribution in [3.63, 3.8) is 0 Å². The summed E-state index contributed by atoms with van der Waals surface area (Å²) in [7, 11) is 0. The summed E-state index contributed by atoms with van der Waals surface area (Å²) in [6.45, 7) is 7.03. The number of rotatable bonds is 4. The molecule has 2 aliphatic heterocycles. The topological polar surface area (TPSA) is 68.8 Å². The molecule has 0 radical (unpaired) electrons. The van der Waals surface area contributed by atoms with Crippen LogP contribution in [0.5, 0.6) is 0 Å². The smallest absolute Gasteiger partial charge is 0.323 e. The highest BCUT2D eigenvalue weighted by atomic mass is 16.2. The maximum Gasteiger partial charge on any atom is 0.326 e. The van der Waals surface area contributed by atoms with Gasteiger partial charge in [0.05, 0.1) is 6.67 Å². The Morgan fingerprint density at radius 3 is 2.52 bits per heavy atom. The minimum absolute atomic E-state index is 0.0149. The van der Waals surface area contributed by atoms with E-state index in [2.05, 4.69) is 27.0 Å². The van der Waals surface area contributed by atoms with E-state index in [1.54, 1.807) is 0 Å². The maximum atomic E-state index is 13.1. The number of nitrogens with zero attached hydrogens (tertiary/aromatic N) is 4. The van der Waals surface area contributed by atoms with Gasteiger partial charge in [-0.15, -0.1) is 0 Å². The molecule has 1 N–H and O–H groups in total. The lowest BCUT2D eigenvalue weighted by molar-refractivity contribution is -0.136. The molecule has 7 heteroatoms. The third-order valence-corrected chi connectivity index (χ3v) is 6.46. The zero-order valence-electron chi connectivity index (χ0n) is 16.1. The van der Waals surface area contributed by atoms with E-state index in [4.69, 9.17) is 0 Å². The monoisotopic (exact) mass is 371 g/mol. The summed E-state index contributed by atoms with van der Waals surface area (Å²) in [5.74, 6) is 0.198. The van der Waals surface area contributed by atoms with E-state index < -0.39 is 5.54 Å². The first kappa shape index (κ1) is 18.4. The van der Waals surface area contributed by atoms with E-state index >= 15 is 0 Å². The van der Waals surface area contributed by atoms with Gasteiger partial charge in [-0.2, -0.15) is 0 Å². The van der Waals surface area contributed by atoms with Crippen molar-refractivity contribution in [2.45, 2.75) is 44.7 Å². The highest BCUT2D eigenvalue weighted by molar-refractivity contribution is 6.07. The number of hydrogen-bond donors (Lipinski definition) is 1. The fourth-order valence-electron chi connectivity index (χ4n) is 4.66. The molecular formula is C20H29N5O2.